The van der Waals surface area contributed by atoms with Crippen LogP contribution in [0.25, 0.3) is 0 Å². The molecule has 0 aromatic heterocycles. The van der Waals surface area contributed by atoms with Crippen LogP contribution in [-0.4, -0.2) is 0 Å². The summed E-state index contributed by atoms with van der Waals surface area (Å²) in [4.78, 5) is 0. The molecule has 0 rings (SSSR count). The van der Waals surface area contributed by atoms with Crippen molar-refractivity contribution in [2.24, 2.45) is 0 Å². The van der Waals surface area contributed by atoms with E-state index in [1.165, 1.54) is 0 Å². The van der Waals surface area contributed by atoms with E-state index in [0.29, 0.717) is 0 Å². The van der Waals surface area contributed by atoms with Crippen LogP contribution in [0.15, 0.2) is 0 Å². The molecule has 0 saturated carbocycles. The molecule has 0 aliphatic carbocycles. The van der Waals surface area contributed by atoms with Crippen LogP contribution < -0.4 is 0 Å². The molecule has 0 spiro atoms. The summed E-state index contributed by atoms with van der Waals surface area (Å²) in [5, 5.41) is 0. The van der Waals surface area contributed by atoms with Gasteiger partial charge in [0, 0.05) is 16.8 Å². The normalized spacial score (nSPS) is 0. The van der Waals surface area contributed by atoms with Crippen molar-refractivity contribution < 1.29 is 16.8 Å². The van der Waals surface area contributed by atoms with Crippen molar-refractivity contribution in [2.75, 3.05) is 0 Å². The molecule has 1 radical (unpaired) electrons. The summed E-state index contributed by atoms with van der Waals surface area (Å²) >= 11 is 0. The molecule has 4 heteroatoms. The second-order valence-electron chi connectivity index (χ2n) is 0. The van der Waals surface area contributed by atoms with Crippen LogP contribution >= 0.6 is 37.2 Å². The predicted octanol–water partition coefficient (Wildman–Crippen LogP) is 1.26. The van der Waals surface area contributed by atoms with Gasteiger partial charge < -0.3 is 0 Å². The van der Waals surface area contributed by atoms with Gasteiger partial charge in [0.1, 0.15) is 0 Å². The number of hydrogen-bond donors (Lipinski definition) is 0. The van der Waals surface area contributed by atoms with Gasteiger partial charge in [-0.1, -0.05) is 0 Å². The molecular weight excluding hydrogens is 165 g/mol. The molecule has 33 valence electrons. The number of hydrogen-bond acceptors (Lipinski definition) is 0. The van der Waals surface area contributed by atoms with Crippen LogP contribution in [0, 0.1) is 0 Å². The van der Waals surface area contributed by atoms with E-state index in [-0.39, 0.29) is 54.0 Å². The maximum absolute atomic E-state index is 0. The van der Waals surface area contributed by atoms with E-state index in [1.807, 2.05) is 0 Å². The van der Waals surface area contributed by atoms with E-state index >= 15 is 0 Å². The zero-order valence-corrected chi connectivity index (χ0v) is 5.05. The Labute approximate surface area is 54.1 Å². The van der Waals surface area contributed by atoms with Gasteiger partial charge in [-0.15, -0.1) is 37.2 Å². The van der Waals surface area contributed by atoms with Gasteiger partial charge in [0.25, 0.3) is 0 Å². The molecule has 0 aliphatic heterocycles. The summed E-state index contributed by atoms with van der Waals surface area (Å²) in [6, 6.07) is 0. The minimum Gasteiger partial charge on any atom is -0.147 e. The molecule has 0 saturated heterocycles. The summed E-state index contributed by atoms with van der Waals surface area (Å²) < 4.78 is 0. The number of halogens is 3. The van der Waals surface area contributed by atoms with Crippen LogP contribution in [0.5, 0.6) is 0 Å². The first-order valence-electron chi connectivity index (χ1n) is 0. The van der Waals surface area contributed by atoms with E-state index in [4.69, 9.17) is 0 Å². The summed E-state index contributed by atoms with van der Waals surface area (Å²) in [6.07, 6.45) is 0. The molecule has 0 atom stereocenters. The Kier molecular flexibility index (Phi) is 358. The molecule has 0 aromatic rings. The molecule has 0 amide bonds. The fraction of sp³-hybridized carbons (Fsp3) is 0. The Morgan fingerprint density at radius 3 is 0.500 bits per heavy atom. The molecule has 4 heavy (non-hydrogen) atoms. The van der Waals surface area contributed by atoms with Gasteiger partial charge in [-0.25, -0.2) is 0 Å². The fourth-order valence-corrected chi connectivity index (χ4v) is 0. The van der Waals surface area contributed by atoms with Crippen LogP contribution in [0.2, 0.25) is 0 Å². The molecule has 0 unspecified atom stereocenters. The third kappa shape index (κ3) is 10.1. The van der Waals surface area contributed by atoms with Crippen molar-refractivity contribution in [2.45, 2.75) is 0 Å². The van der Waals surface area contributed by atoms with Gasteiger partial charge >= 0.3 is 0 Å². The van der Waals surface area contributed by atoms with Gasteiger partial charge in [0.15, 0.2) is 0 Å². The maximum Gasteiger partial charge on any atom is 0 e. The van der Waals surface area contributed by atoms with E-state index in [1.54, 1.807) is 0 Å². The van der Waals surface area contributed by atoms with E-state index < -0.39 is 0 Å². The summed E-state index contributed by atoms with van der Waals surface area (Å²) in [7, 11) is 0. The Balaban J connectivity index is 0. The summed E-state index contributed by atoms with van der Waals surface area (Å²) in [5.74, 6) is 0. The van der Waals surface area contributed by atoms with Gasteiger partial charge in [-0.05, 0) is 0 Å². The largest absolute Gasteiger partial charge is 0.147 e. The second kappa shape index (κ2) is 26.3. The van der Waals surface area contributed by atoms with Crippen LogP contribution in [0.3, 0.4) is 0 Å². The zero-order valence-electron chi connectivity index (χ0n) is 1.56. The van der Waals surface area contributed by atoms with E-state index in [9.17, 15) is 0 Å². The maximum atomic E-state index is 0. The quantitative estimate of drug-likeness (QED) is 0.511. The first-order chi connectivity index (χ1) is 0. The van der Waals surface area contributed by atoms with Gasteiger partial charge in [-0.3, -0.25) is 0 Å². The topological polar surface area (TPSA) is 0 Å². The Morgan fingerprint density at radius 1 is 0.500 bits per heavy atom. The van der Waals surface area contributed by atoms with Gasteiger partial charge in [0.05, 0.1) is 0 Å². The fourth-order valence-electron chi connectivity index (χ4n) is 0. The average Bonchev–Trinajstić information content (AvgIpc) is 0. The van der Waals surface area contributed by atoms with Crippen molar-refractivity contribution in [3.8, 4) is 0 Å². The molecule has 0 aliphatic rings. The van der Waals surface area contributed by atoms with Crippen LogP contribution in [-0.2, 0) is 16.8 Å². The Bertz CT molecular complexity index is 3.25. The smallest absolute Gasteiger partial charge is 0 e. The van der Waals surface area contributed by atoms with Crippen molar-refractivity contribution in [1.82, 2.24) is 0 Å². The summed E-state index contributed by atoms with van der Waals surface area (Å²) in [5.41, 5.74) is 0. The van der Waals surface area contributed by atoms with Crippen molar-refractivity contribution >= 4 is 37.2 Å². The van der Waals surface area contributed by atoms with Crippen molar-refractivity contribution in [3.63, 3.8) is 0 Å². The molecule has 0 N–H and O–H groups in total. The monoisotopic (exact) mass is 167 g/mol. The van der Waals surface area contributed by atoms with E-state index in [2.05, 4.69) is 0 Å². The van der Waals surface area contributed by atoms with Crippen molar-refractivity contribution in [3.05, 3.63) is 0 Å². The van der Waals surface area contributed by atoms with Crippen LogP contribution in [0.4, 0.5) is 0 Å². The van der Waals surface area contributed by atoms with E-state index in [0.717, 1.165) is 0 Å². The molecule has 0 aromatic carbocycles. The zero-order chi connectivity index (χ0) is 0. The first kappa shape index (κ1) is 54.4. The number of rotatable bonds is 0. The molecule has 0 fully saturated rings. The van der Waals surface area contributed by atoms with Gasteiger partial charge in [-0.2, -0.15) is 0 Å². The molecule has 0 heterocycles. The Morgan fingerprint density at radius 2 is 0.500 bits per heavy atom. The van der Waals surface area contributed by atoms with Crippen molar-refractivity contribution in [1.29, 1.82) is 0 Å². The minimum absolute atomic E-state index is 0. The standard InChI is InChI=1S/3ClH.Co/h3*1H;. The minimum atomic E-state index is 0. The summed E-state index contributed by atoms with van der Waals surface area (Å²) in [6.45, 7) is 0. The Hall–Kier alpha value is 1.38. The average molecular weight is 168 g/mol. The molecular formula is H3Cl3Co. The SMILES string of the molecule is Cl.Cl.Cl.[Co]. The molecule has 0 bridgehead atoms. The third-order valence-electron chi connectivity index (χ3n) is 0. The first-order valence-corrected chi connectivity index (χ1v) is 0. The third-order valence-corrected chi connectivity index (χ3v) is 0. The van der Waals surface area contributed by atoms with Crippen LogP contribution in [0.1, 0.15) is 0 Å². The van der Waals surface area contributed by atoms with Gasteiger partial charge in [0.2, 0.25) is 0 Å². The molecule has 0 nitrogen and oxygen atoms in total. The predicted molar refractivity (Wildman–Crippen MR) is 21.7 cm³/mol. The second-order valence-corrected chi connectivity index (χ2v) is 0.